The molecule has 3 heteroatoms. The second kappa shape index (κ2) is 6.27. The number of rotatable bonds is 1. The highest BCUT2D eigenvalue weighted by molar-refractivity contribution is 6.00. The lowest BCUT2D eigenvalue weighted by Gasteiger charge is -2.17. The summed E-state index contributed by atoms with van der Waals surface area (Å²) in [5, 5.41) is 4.03. The summed E-state index contributed by atoms with van der Waals surface area (Å²) >= 11 is 0. The van der Waals surface area contributed by atoms with Gasteiger partial charge in [-0.2, -0.15) is 4.57 Å². The summed E-state index contributed by atoms with van der Waals surface area (Å²) in [4.78, 5) is 4.83. The molecule has 2 aromatic heterocycles. The van der Waals surface area contributed by atoms with Crippen LogP contribution in [0.4, 0.5) is 0 Å². The Morgan fingerprint density at radius 2 is 1.68 bits per heavy atom. The summed E-state index contributed by atoms with van der Waals surface area (Å²) < 4.78 is 4.70. The van der Waals surface area contributed by atoms with Gasteiger partial charge in [-0.05, 0) is 60.7 Å². The number of imidazole rings is 1. The van der Waals surface area contributed by atoms with E-state index in [2.05, 4.69) is 98.6 Å². The van der Waals surface area contributed by atoms with Crippen LogP contribution in [0.2, 0.25) is 0 Å². The molecule has 6 rings (SSSR count). The molecule has 1 aliphatic rings. The van der Waals surface area contributed by atoms with Gasteiger partial charge in [0.2, 0.25) is 11.2 Å². The van der Waals surface area contributed by atoms with Crippen LogP contribution in [0.25, 0.3) is 38.6 Å². The van der Waals surface area contributed by atoms with E-state index in [-0.39, 0.29) is 0 Å². The van der Waals surface area contributed by atoms with Gasteiger partial charge in [0.05, 0.1) is 22.3 Å². The zero-order chi connectivity index (χ0) is 21.4. The Morgan fingerprint density at radius 1 is 0.903 bits per heavy atom. The van der Waals surface area contributed by atoms with Gasteiger partial charge in [-0.15, -0.1) is 0 Å². The Hall–Kier alpha value is -3.46. The van der Waals surface area contributed by atoms with Gasteiger partial charge >= 0.3 is 0 Å². The van der Waals surface area contributed by atoms with Crippen LogP contribution in [0.5, 0.6) is 0 Å². The van der Waals surface area contributed by atoms with E-state index < -0.39 is 0 Å². The summed E-state index contributed by atoms with van der Waals surface area (Å²) in [6.45, 7) is 8.80. The van der Waals surface area contributed by atoms with E-state index in [0.717, 1.165) is 17.9 Å². The Balaban J connectivity index is 1.80. The molecule has 0 aliphatic carbocycles. The molecule has 0 bridgehead atoms. The molecule has 0 spiro atoms. The number of hydrogen-bond donors (Lipinski definition) is 0. The normalized spacial score (nSPS) is 12.5. The van der Waals surface area contributed by atoms with E-state index in [1.54, 1.807) is 0 Å². The molecule has 3 nitrogen and oxygen atoms in total. The average Bonchev–Trinajstić information content (AvgIpc) is 3.28. The van der Waals surface area contributed by atoms with Crippen LogP contribution >= 0.6 is 0 Å². The van der Waals surface area contributed by atoms with Crippen LogP contribution in [0, 0.1) is 27.7 Å². The molecule has 3 heterocycles. The fourth-order valence-corrected chi connectivity index (χ4v) is 5.63. The van der Waals surface area contributed by atoms with Gasteiger partial charge in [0, 0.05) is 24.8 Å². The van der Waals surface area contributed by atoms with E-state index in [1.807, 2.05) is 0 Å². The predicted molar refractivity (Wildman–Crippen MR) is 127 cm³/mol. The van der Waals surface area contributed by atoms with Crippen molar-refractivity contribution in [1.82, 2.24) is 9.55 Å². The van der Waals surface area contributed by atoms with Crippen molar-refractivity contribution in [3.63, 3.8) is 0 Å². The molecule has 0 unspecified atom stereocenters. The van der Waals surface area contributed by atoms with E-state index in [9.17, 15) is 0 Å². The van der Waals surface area contributed by atoms with Crippen molar-refractivity contribution in [2.75, 3.05) is 0 Å². The molecule has 1 aliphatic heterocycles. The van der Waals surface area contributed by atoms with Crippen LogP contribution in [0.1, 0.15) is 33.8 Å². The van der Waals surface area contributed by atoms with E-state index >= 15 is 0 Å². The zero-order valence-corrected chi connectivity index (χ0v) is 18.7. The highest BCUT2D eigenvalue weighted by atomic mass is 15.1. The van der Waals surface area contributed by atoms with Crippen molar-refractivity contribution >= 4 is 21.7 Å². The minimum Gasteiger partial charge on any atom is -0.302 e. The minimum atomic E-state index is 0.881. The fourth-order valence-electron chi connectivity index (χ4n) is 5.63. The molecular formula is C28H26N3+. The van der Waals surface area contributed by atoms with Crippen molar-refractivity contribution in [2.24, 2.45) is 7.05 Å². The van der Waals surface area contributed by atoms with Crippen LogP contribution in [0.15, 0.2) is 54.7 Å². The summed E-state index contributed by atoms with van der Waals surface area (Å²) in [5.41, 5.74) is 11.6. The first-order chi connectivity index (χ1) is 15.0. The lowest BCUT2D eigenvalue weighted by molar-refractivity contribution is -0.633. The number of benzene rings is 3. The van der Waals surface area contributed by atoms with Gasteiger partial charge in [-0.1, -0.05) is 36.4 Å². The predicted octanol–water partition coefficient (Wildman–Crippen LogP) is 5.81. The molecular weight excluding hydrogens is 378 g/mol. The van der Waals surface area contributed by atoms with Crippen LogP contribution < -0.4 is 4.57 Å². The fraction of sp³-hybridized carbons (Fsp3) is 0.214. The second-order valence-electron chi connectivity index (χ2n) is 8.96. The molecule has 0 N–H and O–H groups in total. The molecule has 0 atom stereocenters. The maximum absolute atomic E-state index is 4.83. The van der Waals surface area contributed by atoms with Crippen molar-refractivity contribution < 1.29 is 4.57 Å². The van der Waals surface area contributed by atoms with Crippen LogP contribution in [-0.4, -0.2) is 9.55 Å². The third-order valence-corrected chi connectivity index (χ3v) is 7.01. The molecule has 0 saturated heterocycles. The Morgan fingerprint density at radius 3 is 2.48 bits per heavy atom. The van der Waals surface area contributed by atoms with Crippen molar-refractivity contribution in [3.8, 4) is 16.9 Å². The Labute approximate surface area is 182 Å². The molecule has 0 fully saturated rings. The number of nitrogens with zero attached hydrogens (tertiary/aromatic N) is 3. The van der Waals surface area contributed by atoms with Crippen LogP contribution in [-0.2, 0) is 13.5 Å². The van der Waals surface area contributed by atoms with Gasteiger partial charge < -0.3 is 4.57 Å². The summed E-state index contributed by atoms with van der Waals surface area (Å²) in [7, 11) is 2.20. The van der Waals surface area contributed by atoms with Gasteiger partial charge in [-0.25, -0.2) is 4.98 Å². The number of pyridine rings is 1. The Bertz CT molecular complexity index is 1550. The summed E-state index contributed by atoms with van der Waals surface area (Å²) in [6.07, 6.45) is 3.07. The van der Waals surface area contributed by atoms with Crippen molar-refractivity contribution in [3.05, 3.63) is 88.5 Å². The second-order valence-corrected chi connectivity index (χ2v) is 8.96. The maximum Gasteiger partial charge on any atom is 0.215 e. The zero-order valence-electron chi connectivity index (χ0n) is 18.7. The quantitative estimate of drug-likeness (QED) is 0.317. The molecule has 31 heavy (non-hydrogen) atoms. The monoisotopic (exact) mass is 404 g/mol. The third-order valence-electron chi connectivity index (χ3n) is 7.01. The highest BCUT2D eigenvalue weighted by Crippen LogP contribution is 2.43. The number of aryl methyl sites for hydroxylation is 5. The molecule has 0 radical (unpaired) electrons. The standard InChI is InChI=1S/C28H26N3/c1-16-9-8-12-23-26(16)17(2)13-24(30(23)5)27-19(4)20-10-6-7-11-21(20)22-14-25-29-18(3)15-31(25)28(22)27/h6-13,15H,14H2,1-5H3/q+1. The molecule has 0 saturated carbocycles. The first-order valence-electron chi connectivity index (χ1n) is 10.9. The van der Waals surface area contributed by atoms with Gasteiger partial charge in [0.15, 0.2) is 0 Å². The van der Waals surface area contributed by atoms with Gasteiger partial charge in [0.1, 0.15) is 12.9 Å². The summed E-state index contributed by atoms with van der Waals surface area (Å²) in [6, 6.07) is 17.8. The molecule has 0 amide bonds. The number of aromatic nitrogens is 3. The van der Waals surface area contributed by atoms with Gasteiger partial charge in [0.25, 0.3) is 0 Å². The minimum absolute atomic E-state index is 0.881. The largest absolute Gasteiger partial charge is 0.302 e. The molecule has 152 valence electrons. The average molecular weight is 405 g/mol. The highest BCUT2D eigenvalue weighted by Gasteiger charge is 2.31. The number of hydrogen-bond acceptors (Lipinski definition) is 1. The topological polar surface area (TPSA) is 21.7 Å². The van der Waals surface area contributed by atoms with E-state index in [4.69, 9.17) is 4.98 Å². The molecule has 3 aromatic carbocycles. The molecule has 5 aromatic rings. The number of fused-ring (bicyclic) bond motifs is 6. The SMILES string of the molecule is Cc1cn2c(n1)Cc1c-2c(-c2cc(C)c3c(C)cccc3[n+]2C)c(C)c2ccccc12. The smallest absolute Gasteiger partial charge is 0.215 e. The van der Waals surface area contributed by atoms with Crippen LogP contribution in [0.3, 0.4) is 0 Å². The lowest BCUT2D eigenvalue weighted by Crippen LogP contribution is -2.33. The summed E-state index contributed by atoms with van der Waals surface area (Å²) in [5.74, 6) is 1.14. The lowest BCUT2D eigenvalue weighted by atomic mass is 9.90. The van der Waals surface area contributed by atoms with Gasteiger partial charge in [-0.3, -0.25) is 0 Å². The third kappa shape index (κ3) is 2.40. The maximum atomic E-state index is 4.83. The van der Waals surface area contributed by atoms with Crippen molar-refractivity contribution in [1.29, 1.82) is 0 Å². The van der Waals surface area contributed by atoms with Crippen molar-refractivity contribution in [2.45, 2.75) is 34.1 Å². The Kier molecular flexibility index (Phi) is 3.71. The van der Waals surface area contributed by atoms with E-state index in [0.29, 0.717) is 0 Å². The van der Waals surface area contributed by atoms with E-state index in [1.165, 1.54) is 60.9 Å². The first-order valence-corrected chi connectivity index (χ1v) is 10.9. The first kappa shape index (κ1) is 18.3.